The molecule has 1 saturated carbocycles. The number of methoxy groups -OCH3 is 2. The van der Waals surface area contributed by atoms with Gasteiger partial charge in [-0.15, -0.1) is 0 Å². The molecule has 9 heteroatoms. The molecular weight excluding hydrogens is 441 g/mol. The van der Waals surface area contributed by atoms with Crippen molar-refractivity contribution >= 4 is 17.6 Å². The van der Waals surface area contributed by atoms with Gasteiger partial charge >= 0.3 is 5.97 Å². The largest absolute Gasteiger partial charge is 0.507 e. The maximum atomic E-state index is 13.4. The fourth-order valence-corrected chi connectivity index (χ4v) is 4.18. The molecule has 1 heterocycles. The third-order valence-corrected chi connectivity index (χ3v) is 5.94. The molecule has 4 rings (SSSR count). The highest BCUT2D eigenvalue weighted by Gasteiger charge is 2.29. The summed E-state index contributed by atoms with van der Waals surface area (Å²) in [5.41, 5.74) is 6.17. The highest BCUT2D eigenvalue weighted by atomic mass is 19.1. The molecule has 1 fully saturated rings. The van der Waals surface area contributed by atoms with Gasteiger partial charge in [-0.05, 0) is 67.5 Å². The van der Waals surface area contributed by atoms with E-state index in [-0.39, 0.29) is 29.4 Å². The van der Waals surface area contributed by atoms with Crippen molar-refractivity contribution in [1.82, 2.24) is 15.1 Å². The number of benzene rings is 1. The van der Waals surface area contributed by atoms with Gasteiger partial charge in [-0.25, -0.2) is 4.68 Å². The normalized spacial score (nSPS) is 19.3. The molecule has 0 aliphatic heterocycles. The number of phenols is 1. The second-order valence-electron chi connectivity index (χ2n) is 8.04. The van der Waals surface area contributed by atoms with Gasteiger partial charge in [0.1, 0.15) is 17.2 Å². The third kappa shape index (κ3) is 4.66. The van der Waals surface area contributed by atoms with Gasteiger partial charge in [-0.3, -0.25) is 9.59 Å². The van der Waals surface area contributed by atoms with E-state index in [2.05, 4.69) is 21.9 Å². The highest BCUT2D eigenvalue weighted by molar-refractivity contribution is 5.95. The van der Waals surface area contributed by atoms with E-state index < -0.39 is 11.7 Å². The van der Waals surface area contributed by atoms with E-state index >= 15 is 0 Å². The SMILES string of the molecule is COC(=O)C1CCC(NC(=O)c2cc(-c3c(O)cccc3OC)n(C3=C=C=C(F)C=C3)n2)CC1. The molecular formula is C25H24FN3O5. The van der Waals surface area contributed by atoms with Crippen molar-refractivity contribution in [3.05, 3.63) is 59.4 Å². The van der Waals surface area contributed by atoms with Crippen LogP contribution in [0.5, 0.6) is 11.5 Å². The summed E-state index contributed by atoms with van der Waals surface area (Å²) >= 11 is 0. The molecule has 0 unspecified atom stereocenters. The number of carbonyl (C=O) groups is 2. The molecule has 0 radical (unpaired) electrons. The zero-order valence-corrected chi connectivity index (χ0v) is 18.8. The van der Waals surface area contributed by atoms with Crippen LogP contribution in [-0.2, 0) is 9.53 Å². The summed E-state index contributed by atoms with van der Waals surface area (Å²) in [6.45, 7) is 0. The number of allylic oxidation sites excluding steroid dienone is 4. The number of rotatable bonds is 6. The average molecular weight is 465 g/mol. The quantitative estimate of drug-likeness (QED) is 0.498. The Labute approximate surface area is 195 Å². The van der Waals surface area contributed by atoms with Gasteiger partial charge in [0.2, 0.25) is 0 Å². The minimum absolute atomic E-state index is 0.0697. The standard InChI is InChI=1S/C25H24FN3O5/c1-33-22-5-3-4-21(30)23(22)20-14-19(28-29(20)18-12-8-16(26)9-13-18)24(31)27-17-10-6-15(7-11-17)25(32)34-2/h3-5,8,12,14-15,17,30H,6-7,10-11H2,1-2H3,(H,27,31). The van der Waals surface area contributed by atoms with E-state index in [9.17, 15) is 19.1 Å². The van der Waals surface area contributed by atoms with Crippen LogP contribution in [0.25, 0.3) is 17.0 Å². The molecule has 8 nitrogen and oxygen atoms in total. The number of phenolic OH excluding ortho intramolecular Hbond substituents is 1. The Morgan fingerprint density at radius 2 is 1.94 bits per heavy atom. The first-order valence-electron chi connectivity index (χ1n) is 10.9. The summed E-state index contributed by atoms with van der Waals surface area (Å²) in [6.07, 6.45) is 5.21. The number of nitrogens with zero attached hydrogens (tertiary/aromatic N) is 2. The summed E-state index contributed by atoms with van der Waals surface area (Å²) in [7, 11) is 2.84. The van der Waals surface area contributed by atoms with Crippen LogP contribution in [0.3, 0.4) is 0 Å². The first kappa shape index (κ1) is 23.1. The monoisotopic (exact) mass is 465 g/mol. The Balaban J connectivity index is 1.66. The lowest BCUT2D eigenvalue weighted by atomic mass is 9.86. The number of ether oxygens (including phenoxy) is 2. The summed E-state index contributed by atoms with van der Waals surface area (Å²) in [5, 5.41) is 17.9. The van der Waals surface area contributed by atoms with Crippen molar-refractivity contribution in [2.75, 3.05) is 14.2 Å². The van der Waals surface area contributed by atoms with Crippen LogP contribution in [0, 0.1) is 5.92 Å². The number of esters is 1. The summed E-state index contributed by atoms with van der Waals surface area (Å²) in [5.74, 6) is -1.06. The minimum Gasteiger partial charge on any atom is -0.507 e. The molecule has 0 saturated heterocycles. The van der Waals surface area contributed by atoms with Gasteiger partial charge in [0.05, 0.1) is 31.4 Å². The second kappa shape index (κ2) is 9.83. The summed E-state index contributed by atoms with van der Waals surface area (Å²) < 4.78 is 25.0. The molecule has 1 aromatic carbocycles. The Bertz CT molecular complexity index is 1260. The summed E-state index contributed by atoms with van der Waals surface area (Å²) in [6, 6.07) is 6.23. The number of carbonyl (C=O) groups excluding carboxylic acids is 2. The fourth-order valence-electron chi connectivity index (χ4n) is 4.18. The van der Waals surface area contributed by atoms with E-state index in [1.54, 1.807) is 12.1 Å². The van der Waals surface area contributed by atoms with Gasteiger partial charge in [0.25, 0.3) is 5.91 Å². The van der Waals surface area contributed by atoms with E-state index in [1.165, 1.54) is 43.2 Å². The highest BCUT2D eigenvalue weighted by Crippen LogP contribution is 2.39. The average Bonchev–Trinajstić information content (AvgIpc) is 3.29. The van der Waals surface area contributed by atoms with E-state index in [0.717, 1.165) is 0 Å². The lowest BCUT2D eigenvalue weighted by Crippen LogP contribution is -2.39. The molecule has 2 aromatic rings. The van der Waals surface area contributed by atoms with Gasteiger partial charge in [0.15, 0.2) is 11.5 Å². The topological polar surface area (TPSA) is 103 Å². The third-order valence-electron chi connectivity index (χ3n) is 5.94. The van der Waals surface area contributed by atoms with E-state index in [0.29, 0.717) is 48.4 Å². The fraction of sp³-hybridized carbons (Fsp3) is 0.320. The lowest BCUT2D eigenvalue weighted by Gasteiger charge is -2.27. The molecule has 2 N–H and O–H groups in total. The first-order valence-corrected chi connectivity index (χ1v) is 10.9. The number of aromatic nitrogens is 2. The van der Waals surface area contributed by atoms with Crippen molar-refractivity contribution in [1.29, 1.82) is 0 Å². The Morgan fingerprint density at radius 1 is 1.18 bits per heavy atom. The number of nitrogens with one attached hydrogen (secondary N) is 1. The van der Waals surface area contributed by atoms with Crippen molar-refractivity contribution < 1.29 is 28.6 Å². The zero-order valence-electron chi connectivity index (χ0n) is 18.8. The molecule has 2 aliphatic rings. The molecule has 1 amide bonds. The molecule has 2 aliphatic carbocycles. The lowest BCUT2D eigenvalue weighted by molar-refractivity contribution is -0.146. The van der Waals surface area contributed by atoms with Gasteiger partial charge in [-0.2, -0.15) is 9.49 Å². The predicted octanol–water partition coefficient (Wildman–Crippen LogP) is 3.74. The molecule has 34 heavy (non-hydrogen) atoms. The number of aromatic hydroxyl groups is 1. The van der Waals surface area contributed by atoms with Crippen LogP contribution >= 0.6 is 0 Å². The maximum Gasteiger partial charge on any atom is 0.308 e. The van der Waals surface area contributed by atoms with E-state index in [1.807, 2.05) is 0 Å². The second-order valence-corrected chi connectivity index (χ2v) is 8.04. The van der Waals surface area contributed by atoms with Gasteiger partial charge in [-0.1, -0.05) is 6.07 Å². The first-order chi connectivity index (χ1) is 16.4. The summed E-state index contributed by atoms with van der Waals surface area (Å²) in [4.78, 5) is 24.8. The Morgan fingerprint density at radius 3 is 2.59 bits per heavy atom. The van der Waals surface area contributed by atoms with Crippen molar-refractivity contribution in [3.63, 3.8) is 0 Å². The zero-order chi connectivity index (χ0) is 24.2. The van der Waals surface area contributed by atoms with Crippen LogP contribution < -0.4 is 10.1 Å². The van der Waals surface area contributed by atoms with Crippen LogP contribution in [-0.4, -0.2) is 47.0 Å². The predicted molar refractivity (Wildman–Crippen MR) is 122 cm³/mol. The molecule has 0 atom stereocenters. The van der Waals surface area contributed by atoms with Crippen LogP contribution in [0.4, 0.5) is 4.39 Å². The van der Waals surface area contributed by atoms with Crippen molar-refractivity contribution in [2.45, 2.75) is 31.7 Å². The van der Waals surface area contributed by atoms with Crippen molar-refractivity contribution in [3.8, 4) is 22.8 Å². The molecule has 1 aromatic heterocycles. The number of hydrogen-bond acceptors (Lipinski definition) is 6. The number of amides is 1. The molecule has 0 spiro atoms. The maximum absolute atomic E-state index is 13.4. The number of hydrogen-bond donors (Lipinski definition) is 2. The van der Waals surface area contributed by atoms with E-state index in [4.69, 9.17) is 9.47 Å². The van der Waals surface area contributed by atoms with Crippen molar-refractivity contribution in [2.24, 2.45) is 5.92 Å². The van der Waals surface area contributed by atoms with Crippen LogP contribution in [0.1, 0.15) is 36.2 Å². The molecule has 176 valence electrons. The van der Waals surface area contributed by atoms with Crippen LogP contribution in [0.15, 0.2) is 53.7 Å². The van der Waals surface area contributed by atoms with Gasteiger partial charge < -0.3 is 19.9 Å². The van der Waals surface area contributed by atoms with Crippen LogP contribution in [0.2, 0.25) is 0 Å². The Hall–Kier alpha value is -4.06. The Kier molecular flexibility index (Phi) is 6.68. The number of halogens is 1. The smallest absolute Gasteiger partial charge is 0.308 e. The molecule has 0 bridgehead atoms. The van der Waals surface area contributed by atoms with Gasteiger partial charge in [0, 0.05) is 6.04 Å². The minimum atomic E-state index is -0.585.